The number of likely N-dealkylation sites (tertiary alicyclic amines) is 2. The summed E-state index contributed by atoms with van der Waals surface area (Å²) < 4.78 is 1.63. The normalized spacial score (nSPS) is 25.0. The minimum Gasteiger partial charge on any atom is -0.387 e. The molecule has 0 spiro atoms. The lowest BCUT2D eigenvalue weighted by atomic mass is 10.0. The van der Waals surface area contributed by atoms with Crippen LogP contribution in [0.2, 0.25) is 0 Å². The molecule has 0 saturated carbocycles. The van der Waals surface area contributed by atoms with Crippen LogP contribution in [0.5, 0.6) is 0 Å². The van der Waals surface area contributed by atoms with Crippen molar-refractivity contribution in [1.82, 2.24) is 24.8 Å². The lowest BCUT2D eigenvalue weighted by Crippen LogP contribution is -2.45. The third-order valence-corrected chi connectivity index (χ3v) is 5.11. The predicted octanol–water partition coefficient (Wildman–Crippen LogP) is 0.490. The van der Waals surface area contributed by atoms with Gasteiger partial charge in [0.25, 0.3) is 0 Å². The van der Waals surface area contributed by atoms with E-state index in [-0.39, 0.29) is 12.5 Å². The van der Waals surface area contributed by atoms with Gasteiger partial charge in [-0.15, -0.1) is 5.10 Å². The minimum absolute atomic E-state index is 0.0111. The Hall–Kier alpha value is -1.99. The quantitative estimate of drug-likeness (QED) is 0.884. The molecular weight excluding hydrogens is 306 g/mol. The summed E-state index contributed by atoms with van der Waals surface area (Å²) in [7, 11) is 0. The Balaban J connectivity index is 1.40. The molecule has 0 radical (unpaired) electrons. The minimum atomic E-state index is -0.773. The Bertz CT molecular complexity index is 739. The summed E-state index contributed by atoms with van der Waals surface area (Å²) in [5.41, 5.74) is 0.874. The molecular formula is C17H23N5O2. The number of aliphatic hydroxyl groups is 1. The van der Waals surface area contributed by atoms with Crippen molar-refractivity contribution >= 4 is 16.9 Å². The highest BCUT2D eigenvalue weighted by molar-refractivity contribution is 5.80. The SMILES string of the molecule is O=C(Cn1nnc2ccccc21)N1CC[C@](O)(CN2CCCC2)C1. The van der Waals surface area contributed by atoms with Crippen LogP contribution in [0.3, 0.4) is 0 Å². The first-order valence-corrected chi connectivity index (χ1v) is 8.64. The van der Waals surface area contributed by atoms with Gasteiger partial charge in [-0.25, -0.2) is 4.68 Å². The summed E-state index contributed by atoms with van der Waals surface area (Å²) in [6.45, 7) is 3.97. The van der Waals surface area contributed by atoms with Gasteiger partial charge in [-0.2, -0.15) is 0 Å². The second-order valence-corrected chi connectivity index (χ2v) is 7.01. The number of amides is 1. The highest BCUT2D eigenvalue weighted by Gasteiger charge is 2.39. The number of benzene rings is 1. The first kappa shape index (κ1) is 15.5. The third kappa shape index (κ3) is 3.01. The van der Waals surface area contributed by atoms with E-state index in [0.29, 0.717) is 26.1 Å². The first-order chi connectivity index (χ1) is 11.6. The molecule has 1 amide bonds. The average Bonchev–Trinajstić information content (AvgIpc) is 3.29. The molecule has 7 nitrogen and oxygen atoms in total. The number of β-amino-alcohol motifs (C(OH)–C–C–N with tert-alkyl or cyclic N) is 1. The van der Waals surface area contributed by atoms with Crippen LogP contribution < -0.4 is 0 Å². The molecule has 0 unspecified atom stereocenters. The fourth-order valence-corrected chi connectivity index (χ4v) is 3.82. The lowest BCUT2D eigenvalue weighted by Gasteiger charge is -2.28. The van der Waals surface area contributed by atoms with Crippen LogP contribution in [0, 0.1) is 0 Å². The Morgan fingerprint density at radius 3 is 2.83 bits per heavy atom. The smallest absolute Gasteiger partial charge is 0.244 e. The van der Waals surface area contributed by atoms with Gasteiger partial charge in [0, 0.05) is 13.1 Å². The van der Waals surface area contributed by atoms with Gasteiger partial charge in [0.2, 0.25) is 5.91 Å². The molecule has 2 fully saturated rings. The zero-order valence-electron chi connectivity index (χ0n) is 13.8. The summed E-state index contributed by atoms with van der Waals surface area (Å²) in [5, 5.41) is 19.0. The maximum absolute atomic E-state index is 12.6. The first-order valence-electron chi connectivity index (χ1n) is 8.64. The summed E-state index contributed by atoms with van der Waals surface area (Å²) in [5.74, 6) is -0.0111. The number of fused-ring (bicyclic) bond motifs is 1. The number of rotatable bonds is 4. The molecule has 128 valence electrons. The van der Waals surface area contributed by atoms with Gasteiger partial charge >= 0.3 is 0 Å². The highest BCUT2D eigenvalue weighted by Crippen LogP contribution is 2.24. The van der Waals surface area contributed by atoms with Crippen LogP contribution in [0.1, 0.15) is 19.3 Å². The van der Waals surface area contributed by atoms with Crippen LogP contribution in [-0.4, -0.2) is 74.1 Å². The summed E-state index contributed by atoms with van der Waals surface area (Å²) in [6.07, 6.45) is 3.06. The van der Waals surface area contributed by atoms with E-state index >= 15 is 0 Å². The molecule has 2 aliphatic heterocycles. The van der Waals surface area contributed by atoms with Crippen LogP contribution >= 0.6 is 0 Å². The molecule has 2 saturated heterocycles. The van der Waals surface area contributed by atoms with Gasteiger partial charge in [-0.3, -0.25) is 4.79 Å². The van der Waals surface area contributed by atoms with Crippen molar-refractivity contribution in [3.05, 3.63) is 24.3 Å². The lowest BCUT2D eigenvalue weighted by molar-refractivity contribution is -0.132. The molecule has 1 aromatic heterocycles. The Labute approximate surface area is 140 Å². The number of carbonyl (C=O) groups is 1. The Morgan fingerprint density at radius 2 is 2.00 bits per heavy atom. The number of hydrogen-bond donors (Lipinski definition) is 1. The summed E-state index contributed by atoms with van der Waals surface area (Å²) in [6, 6.07) is 7.61. The number of para-hydroxylation sites is 1. The maximum Gasteiger partial charge on any atom is 0.244 e. The van der Waals surface area contributed by atoms with E-state index in [0.717, 1.165) is 24.1 Å². The van der Waals surface area contributed by atoms with E-state index in [2.05, 4.69) is 15.2 Å². The van der Waals surface area contributed by atoms with Crippen molar-refractivity contribution in [3.63, 3.8) is 0 Å². The van der Waals surface area contributed by atoms with E-state index in [1.54, 1.807) is 9.58 Å². The highest BCUT2D eigenvalue weighted by atomic mass is 16.3. The van der Waals surface area contributed by atoms with E-state index < -0.39 is 5.60 Å². The van der Waals surface area contributed by atoms with Crippen molar-refractivity contribution < 1.29 is 9.90 Å². The van der Waals surface area contributed by atoms with Gasteiger partial charge in [0.05, 0.1) is 17.7 Å². The van der Waals surface area contributed by atoms with E-state index in [4.69, 9.17) is 0 Å². The fourth-order valence-electron chi connectivity index (χ4n) is 3.82. The van der Waals surface area contributed by atoms with E-state index in [1.807, 2.05) is 24.3 Å². The van der Waals surface area contributed by atoms with Crippen LogP contribution in [0.15, 0.2) is 24.3 Å². The van der Waals surface area contributed by atoms with Gasteiger partial charge in [-0.1, -0.05) is 17.3 Å². The standard InChI is InChI=1S/C17H23N5O2/c23-16(11-22-15-6-2-1-5-14(15)18-19-22)21-10-7-17(24,13-21)12-20-8-3-4-9-20/h1-2,5-6,24H,3-4,7-13H2/t17-/m0/s1. The summed E-state index contributed by atoms with van der Waals surface area (Å²) >= 11 is 0. The van der Waals surface area contributed by atoms with Crippen molar-refractivity contribution in [2.45, 2.75) is 31.4 Å². The molecule has 2 aliphatic rings. The van der Waals surface area contributed by atoms with Gasteiger partial charge < -0.3 is 14.9 Å². The van der Waals surface area contributed by atoms with Gasteiger partial charge in [0.15, 0.2) is 0 Å². The molecule has 24 heavy (non-hydrogen) atoms. The van der Waals surface area contributed by atoms with Crippen molar-refractivity contribution in [2.24, 2.45) is 0 Å². The second-order valence-electron chi connectivity index (χ2n) is 7.01. The molecule has 0 aliphatic carbocycles. The van der Waals surface area contributed by atoms with E-state index in [1.165, 1.54) is 12.8 Å². The zero-order chi connectivity index (χ0) is 16.6. The van der Waals surface area contributed by atoms with Crippen LogP contribution in [-0.2, 0) is 11.3 Å². The third-order valence-electron chi connectivity index (χ3n) is 5.11. The molecule has 1 N–H and O–H groups in total. The van der Waals surface area contributed by atoms with Gasteiger partial charge in [-0.05, 0) is 44.5 Å². The molecule has 1 aromatic carbocycles. The van der Waals surface area contributed by atoms with Crippen LogP contribution in [0.25, 0.3) is 11.0 Å². The van der Waals surface area contributed by atoms with Crippen molar-refractivity contribution in [3.8, 4) is 0 Å². The molecule has 0 bridgehead atoms. The number of hydrogen-bond acceptors (Lipinski definition) is 5. The van der Waals surface area contributed by atoms with Crippen molar-refractivity contribution in [2.75, 3.05) is 32.7 Å². The molecule has 3 heterocycles. The Morgan fingerprint density at radius 1 is 1.21 bits per heavy atom. The fraction of sp³-hybridized carbons (Fsp3) is 0.588. The maximum atomic E-state index is 12.6. The summed E-state index contributed by atoms with van der Waals surface area (Å²) in [4.78, 5) is 16.7. The van der Waals surface area contributed by atoms with Crippen LogP contribution in [0.4, 0.5) is 0 Å². The van der Waals surface area contributed by atoms with E-state index in [9.17, 15) is 9.90 Å². The molecule has 2 aromatic rings. The molecule has 1 atom stereocenters. The number of nitrogens with zero attached hydrogens (tertiary/aromatic N) is 5. The van der Waals surface area contributed by atoms with Crippen molar-refractivity contribution in [1.29, 1.82) is 0 Å². The second kappa shape index (κ2) is 6.14. The number of aromatic nitrogens is 3. The topological polar surface area (TPSA) is 74.5 Å². The number of carbonyl (C=O) groups excluding carboxylic acids is 1. The molecule has 4 rings (SSSR count). The predicted molar refractivity (Wildman–Crippen MR) is 89.3 cm³/mol. The Kier molecular flexibility index (Phi) is 3.97. The van der Waals surface area contributed by atoms with Gasteiger partial charge in [0.1, 0.15) is 12.1 Å². The largest absolute Gasteiger partial charge is 0.387 e. The zero-order valence-corrected chi connectivity index (χ0v) is 13.8. The average molecular weight is 329 g/mol. The monoisotopic (exact) mass is 329 g/mol. The molecule has 7 heteroatoms.